The van der Waals surface area contributed by atoms with E-state index in [2.05, 4.69) is 56.0 Å². The Kier molecular flexibility index (Phi) is 11.5. The Morgan fingerprint density at radius 3 is 1.30 bits per heavy atom. The lowest BCUT2D eigenvalue weighted by atomic mass is 9.92. The summed E-state index contributed by atoms with van der Waals surface area (Å²) < 4.78 is 0. The van der Waals surface area contributed by atoms with E-state index in [9.17, 15) is 0 Å². The molecule has 2 aromatic heterocycles. The highest BCUT2D eigenvalue weighted by Gasteiger charge is 2.11. The number of hydrazone groups is 2. The second kappa shape index (κ2) is 15.0. The van der Waals surface area contributed by atoms with Crippen molar-refractivity contribution >= 4 is 93.4 Å². The van der Waals surface area contributed by atoms with Crippen LogP contribution < -0.4 is 21.5 Å². The molecule has 206 valence electrons. The quantitative estimate of drug-likeness (QED) is 0.0538. The summed E-state index contributed by atoms with van der Waals surface area (Å²) in [7, 11) is 0. The number of nitrogens with one attached hydrogen (secondary N) is 6. The molecule has 40 heavy (non-hydrogen) atoms. The van der Waals surface area contributed by atoms with Crippen LogP contribution in [0.3, 0.4) is 0 Å². The molecule has 2 heterocycles. The van der Waals surface area contributed by atoms with Crippen molar-refractivity contribution < 1.29 is 0 Å². The normalized spacial score (nSPS) is 10.8. The predicted octanol–water partition coefficient (Wildman–Crippen LogP) is 6.26. The number of halogens is 2. The first-order valence-electron chi connectivity index (χ1n) is 11.9. The lowest BCUT2D eigenvalue weighted by Gasteiger charge is -2.13. The van der Waals surface area contributed by atoms with Crippen LogP contribution in [0.15, 0.2) is 93.8 Å². The molecule has 0 aliphatic rings. The van der Waals surface area contributed by atoms with Crippen molar-refractivity contribution in [1.29, 1.82) is 10.8 Å². The van der Waals surface area contributed by atoms with Crippen LogP contribution >= 0.6 is 47.5 Å². The van der Waals surface area contributed by atoms with E-state index in [0.717, 1.165) is 42.4 Å². The molecule has 0 fully saturated rings. The number of rotatable bonds is 8. The number of thiophene rings is 2. The van der Waals surface area contributed by atoms with Gasteiger partial charge in [-0.2, -0.15) is 10.2 Å². The fourth-order valence-electron chi connectivity index (χ4n) is 4.05. The fraction of sp³-hybridized carbons (Fsp3) is 0.0714. The van der Waals surface area contributed by atoms with Gasteiger partial charge in [0, 0.05) is 20.9 Å². The van der Waals surface area contributed by atoms with Gasteiger partial charge in [0.25, 0.3) is 0 Å². The maximum absolute atomic E-state index is 8.12. The van der Waals surface area contributed by atoms with Gasteiger partial charge in [-0.15, -0.1) is 47.5 Å². The van der Waals surface area contributed by atoms with Gasteiger partial charge < -0.3 is 10.6 Å². The molecule has 0 aliphatic carbocycles. The zero-order chi connectivity index (χ0) is 26.2. The SMILES string of the molecule is Cl.Cl.N=C(NCc1cccs1)NN=Cc1c2ccccc2c(C=NNC(=N)NCc2cccs2)c2ccccc12. The molecule has 0 atom stereocenters. The molecule has 0 unspecified atom stereocenters. The van der Waals surface area contributed by atoms with Gasteiger partial charge in [-0.25, -0.2) is 10.9 Å². The summed E-state index contributed by atoms with van der Waals surface area (Å²) in [6.07, 6.45) is 3.52. The molecule has 8 nitrogen and oxygen atoms in total. The van der Waals surface area contributed by atoms with Crippen LogP contribution in [0.5, 0.6) is 0 Å². The average Bonchev–Trinajstić information content (AvgIpc) is 3.66. The van der Waals surface area contributed by atoms with Gasteiger partial charge >= 0.3 is 0 Å². The minimum Gasteiger partial charge on any atom is -0.350 e. The summed E-state index contributed by atoms with van der Waals surface area (Å²) in [6, 6.07) is 24.2. The Balaban J connectivity index is 0.00000220. The smallest absolute Gasteiger partial charge is 0.209 e. The first-order valence-corrected chi connectivity index (χ1v) is 13.7. The number of fused-ring (bicyclic) bond motifs is 2. The lowest BCUT2D eigenvalue weighted by Crippen LogP contribution is -2.32. The summed E-state index contributed by atoms with van der Waals surface area (Å²) in [4.78, 5) is 2.30. The maximum atomic E-state index is 8.12. The van der Waals surface area contributed by atoms with Crippen LogP contribution in [0, 0.1) is 10.8 Å². The molecule has 0 saturated carbocycles. The second-order valence-corrected chi connectivity index (χ2v) is 10.3. The summed E-state index contributed by atoms with van der Waals surface area (Å²) in [5.41, 5.74) is 7.47. The van der Waals surface area contributed by atoms with Gasteiger partial charge in [-0.3, -0.25) is 10.8 Å². The number of benzene rings is 3. The Bertz CT molecular complexity index is 1440. The van der Waals surface area contributed by atoms with Crippen molar-refractivity contribution in [3.8, 4) is 0 Å². The van der Waals surface area contributed by atoms with Gasteiger partial charge in [0.05, 0.1) is 25.5 Å². The zero-order valence-electron chi connectivity index (χ0n) is 21.2. The Morgan fingerprint density at radius 2 is 0.975 bits per heavy atom. The maximum Gasteiger partial charge on any atom is 0.209 e. The monoisotopic (exact) mass is 610 g/mol. The molecule has 0 spiro atoms. The largest absolute Gasteiger partial charge is 0.350 e. The molecule has 5 rings (SSSR count). The van der Waals surface area contributed by atoms with Crippen LogP contribution in [0.4, 0.5) is 0 Å². The fourth-order valence-corrected chi connectivity index (χ4v) is 5.34. The minimum absolute atomic E-state index is 0. The third-order valence-electron chi connectivity index (χ3n) is 5.79. The van der Waals surface area contributed by atoms with Gasteiger partial charge in [0.2, 0.25) is 11.9 Å². The summed E-state index contributed by atoms with van der Waals surface area (Å²) in [6.45, 7) is 1.15. The molecule has 0 aliphatic heterocycles. The molecule has 0 amide bonds. The lowest BCUT2D eigenvalue weighted by molar-refractivity contribution is 0.847. The molecule has 0 saturated heterocycles. The first-order chi connectivity index (χ1) is 18.7. The van der Waals surface area contributed by atoms with Crippen molar-refractivity contribution in [3.05, 3.63) is 104 Å². The Morgan fingerprint density at radius 1 is 0.600 bits per heavy atom. The average molecular weight is 612 g/mol. The van der Waals surface area contributed by atoms with Crippen molar-refractivity contribution in [2.45, 2.75) is 13.1 Å². The van der Waals surface area contributed by atoms with Gasteiger partial charge in [0.15, 0.2) is 0 Å². The number of nitrogens with zero attached hydrogens (tertiary/aromatic N) is 2. The molecule has 6 N–H and O–H groups in total. The third-order valence-corrected chi connectivity index (χ3v) is 7.55. The van der Waals surface area contributed by atoms with Crippen LogP contribution in [-0.2, 0) is 13.1 Å². The van der Waals surface area contributed by atoms with Crippen molar-refractivity contribution in [3.63, 3.8) is 0 Å². The number of hydrogen-bond donors (Lipinski definition) is 6. The summed E-state index contributed by atoms with van der Waals surface area (Å²) in [5, 5.41) is 39.1. The van der Waals surface area contributed by atoms with Crippen molar-refractivity contribution in [2.24, 2.45) is 10.2 Å². The highest BCUT2D eigenvalue weighted by Crippen LogP contribution is 2.31. The highest BCUT2D eigenvalue weighted by molar-refractivity contribution is 7.10. The van der Waals surface area contributed by atoms with E-state index >= 15 is 0 Å². The van der Waals surface area contributed by atoms with E-state index in [-0.39, 0.29) is 36.7 Å². The van der Waals surface area contributed by atoms with E-state index in [1.54, 1.807) is 35.1 Å². The first kappa shape index (κ1) is 30.6. The zero-order valence-corrected chi connectivity index (χ0v) is 24.4. The molecule has 5 aromatic rings. The van der Waals surface area contributed by atoms with E-state index in [1.165, 1.54) is 0 Å². The molecule has 12 heteroatoms. The van der Waals surface area contributed by atoms with Gasteiger partial charge in [0.1, 0.15) is 0 Å². The van der Waals surface area contributed by atoms with Crippen molar-refractivity contribution in [1.82, 2.24) is 21.5 Å². The third kappa shape index (κ3) is 7.57. The predicted molar refractivity (Wildman–Crippen MR) is 175 cm³/mol. The summed E-state index contributed by atoms with van der Waals surface area (Å²) >= 11 is 3.29. The van der Waals surface area contributed by atoms with Crippen molar-refractivity contribution in [2.75, 3.05) is 0 Å². The molecule has 3 aromatic carbocycles. The van der Waals surface area contributed by atoms with Crippen LogP contribution in [0.1, 0.15) is 20.9 Å². The highest BCUT2D eigenvalue weighted by atomic mass is 35.5. The summed E-state index contributed by atoms with van der Waals surface area (Å²) in [5.74, 6) is 0.265. The van der Waals surface area contributed by atoms with Crippen LogP contribution in [0.2, 0.25) is 0 Å². The Labute approximate surface area is 252 Å². The minimum atomic E-state index is 0. The van der Waals surface area contributed by atoms with Crippen LogP contribution in [0.25, 0.3) is 21.5 Å². The molecular weight excluding hydrogens is 583 g/mol. The van der Waals surface area contributed by atoms with E-state index < -0.39 is 0 Å². The topological polar surface area (TPSA) is 121 Å². The van der Waals surface area contributed by atoms with E-state index in [4.69, 9.17) is 10.8 Å². The standard InChI is InChI=1S/C28H26N8S2.2ClH/c29-27(31-15-19-7-5-13-37-19)35-33-17-25-21-9-1-2-10-22(21)26(24-12-4-3-11-23(24)25)18-34-36-28(30)32-16-20-8-6-14-38-20;;/h1-14,17-18H,15-16H2,(H3,29,31,35)(H3,30,32,36);2*1H. The molecular formula is C28H28Cl2N8S2. The van der Waals surface area contributed by atoms with E-state index in [0.29, 0.717) is 13.1 Å². The van der Waals surface area contributed by atoms with Gasteiger partial charge in [-0.1, -0.05) is 60.7 Å². The Hall–Kier alpha value is -3.96. The van der Waals surface area contributed by atoms with Gasteiger partial charge in [-0.05, 0) is 44.4 Å². The van der Waals surface area contributed by atoms with E-state index in [1.807, 2.05) is 59.3 Å². The van der Waals surface area contributed by atoms with Crippen LogP contribution in [-0.4, -0.2) is 24.3 Å². The molecule has 0 bridgehead atoms. The second-order valence-electron chi connectivity index (χ2n) is 8.27. The number of hydrogen-bond acceptors (Lipinski definition) is 6. The molecule has 0 radical (unpaired) electrons. The number of guanidine groups is 2.